The lowest BCUT2D eigenvalue weighted by molar-refractivity contribution is -0.145. The van der Waals surface area contributed by atoms with E-state index in [0.717, 1.165) is 25.7 Å². The maximum absolute atomic E-state index is 13.8. The molecule has 0 aliphatic rings. The molecule has 0 unspecified atom stereocenters. The van der Waals surface area contributed by atoms with Gasteiger partial charge in [0.2, 0.25) is 7.44 Å². The fourth-order valence-electron chi connectivity index (χ4n) is 3.39. The number of carboxylic acid groups (broad SMARTS) is 1. The quantitative estimate of drug-likeness (QED) is 0.142. The zero-order chi connectivity index (χ0) is 26.9. The summed E-state index contributed by atoms with van der Waals surface area (Å²) in [6.45, 7) is 8.70. The average Bonchev–Trinajstić information content (AvgIpc) is 3.21. The first kappa shape index (κ1) is 29.6. The van der Waals surface area contributed by atoms with E-state index in [9.17, 15) is 19.3 Å². The van der Waals surface area contributed by atoms with E-state index < -0.39 is 37.1 Å². The van der Waals surface area contributed by atoms with Crippen molar-refractivity contribution in [3.8, 4) is 0 Å². The largest absolute Gasteiger partial charge is 0.480 e. The number of hydrogen-bond acceptors (Lipinski definition) is 9. The summed E-state index contributed by atoms with van der Waals surface area (Å²) in [6.07, 6.45) is 5.87. The lowest BCUT2D eigenvalue weighted by Crippen LogP contribution is -2.49. The van der Waals surface area contributed by atoms with Crippen molar-refractivity contribution in [2.75, 3.05) is 18.7 Å². The highest BCUT2D eigenvalue weighted by atomic mass is 31.2. The van der Waals surface area contributed by atoms with Crippen molar-refractivity contribution in [1.82, 2.24) is 29.7 Å². The van der Waals surface area contributed by atoms with Crippen LogP contribution in [0.5, 0.6) is 0 Å². The number of nitrogen functional groups attached to an aromatic ring is 1. The van der Waals surface area contributed by atoms with Gasteiger partial charge in [-0.05, 0) is 34.1 Å². The van der Waals surface area contributed by atoms with Gasteiger partial charge in [-0.3, -0.25) is 14.2 Å². The van der Waals surface area contributed by atoms with Crippen LogP contribution in [0.4, 0.5) is 5.82 Å². The number of nitrogens with two attached hydrogens (primary N) is 1. The first-order chi connectivity index (χ1) is 16.9. The number of ether oxygens (including phenoxy) is 2. The van der Waals surface area contributed by atoms with Crippen LogP contribution in [-0.2, 0) is 30.2 Å². The zero-order valence-corrected chi connectivity index (χ0v) is 22.5. The number of anilines is 1. The minimum atomic E-state index is -3.73. The van der Waals surface area contributed by atoms with Gasteiger partial charge in [-0.15, -0.1) is 0 Å². The molecule has 2 aromatic rings. The van der Waals surface area contributed by atoms with E-state index in [4.69, 9.17) is 15.2 Å². The first-order valence-corrected chi connectivity index (χ1v) is 13.9. The summed E-state index contributed by atoms with van der Waals surface area (Å²) >= 11 is 0. The topological polar surface area (TPSA) is 184 Å². The fourth-order valence-corrected chi connectivity index (χ4v) is 5.79. The predicted octanol–water partition coefficient (Wildman–Crippen LogP) is 2.52. The molecule has 0 spiro atoms. The van der Waals surface area contributed by atoms with E-state index in [2.05, 4.69) is 32.1 Å². The summed E-state index contributed by atoms with van der Waals surface area (Å²) < 4.78 is 26.6. The van der Waals surface area contributed by atoms with Crippen molar-refractivity contribution in [2.45, 2.75) is 84.5 Å². The maximum atomic E-state index is 13.8. The number of aliphatic carboxylic acids is 1. The van der Waals surface area contributed by atoms with Crippen molar-refractivity contribution in [3.63, 3.8) is 0 Å². The van der Waals surface area contributed by atoms with Gasteiger partial charge >= 0.3 is 11.9 Å². The first-order valence-electron chi connectivity index (χ1n) is 12.0. The molecule has 13 nitrogen and oxygen atoms in total. The van der Waals surface area contributed by atoms with Gasteiger partial charge < -0.3 is 24.9 Å². The molecule has 0 aromatic carbocycles. The van der Waals surface area contributed by atoms with Crippen molar-refractivity contribution in [3.05, 3.63) is 12.7 Å². The molecule has 5 N–H and O–H groups in total. The summed E-state index contributed by atoms with van der Waals surface area (Å²) in [5.74, 6) is -1.52. The maximum Gasteiger partial charge on any atom is 0.323 e. The van der Waals surface area contributed by atoms with Gasteiger partial charge in [-0.25, -0.2) is 25.1 Å². The summed E-state index contributed by atoms with van der Waals surface area (Å²) in [5, 5.41) is 14.9. The van der Waals surface area contributed by atoms with Crippen molar-refractivity contribution in [2.24, 2.45) is 0 Å². The van der Waals surface area contributed by atoms with Crippen LogP contribution in [0.15, 0.2) is 12.7 Å². The second kappa shape index (κ2) is 13.1. The van der Waals surface area contributed by atoms with Crippen molar-refractivity contribution in [1.29, 1.82) is 0 Å². The van der Waals surface area contributed by atoms with E-state index >= 15 is 0 Å². The molecule has 0 fully saturated rings. The monoisotopic (exact) mass is 527 g/mol. The molecule has 0 saturated carbocycles. The molecule has 202 valence electrons. The van der Waals surface area contributed by atoms with Gasteiger partial charge in [0.15, 0.2) is 11.5 Å². The van der Waals surface area contributed by atoms with Gasteiger partial charge in [0.05, 0.1) is 25.6 Å². The molecule has 2 heterocycles. The van der Waals surface area contributed by atoms with Crippen LogP contribution in [0, 0.1) is 0 Å². The Balaban J connectivity index is 2.05. The van der Waals surface area contributed by atoms with Crippen LogP contribution in [-0.4, -0.2) is 67.2 Å². The van der Waals surface area contributed by atoms with Crippen LogP contribution in [0.2, 0.25) is 0 Å². The van der Waals surface area contributed by atoms with Crippen LogP contribution < -0.4 is 15.9 Å². The molecule has 0 bridgehead atoms. The van der Waals surface area contributed by atoms with E-state index in [1.807, 2.05) is 0 Å². The highest BCUT2D eigenvalue weighted by Gasteiger charge is 2.38. The SMILES string of the molecule is CCCCCCOC(=O)[C@@H](C)N[P@](=O)(CO[C@H](C)Cn1cnc2c(N)ncnc21)NC(C)(C)C(=O)O. The Kier molecular flexibility index (Phi) is 10.8. The van der Waals surface area contributed by atoms with Crippen LogP contribution >= 0.6 is 7.44 Å². The standard InChI is InChI=1S/C22H38N7O6P/c1-6-7-8-9-10-34-20(30)16(3)27-36(33,28-22(4,5)21(31)32)14-35-15(2)11-29-13-26-17-18(23)24-12-25-19(17)29/h12-13,15-16H,6-11,14H2,1-5H3,(H,31,32)(H2,23,24,25)(H2,27,28,33)/t15-,16-,36-/m1/s1. The van der Waals surface area contributed by atoms with Crippen molar-refractivity contribution < 1.29 is 28.7 Å². The fraction of sp³-hybridized carbons (Fsp3) is 0.682. The number of fused-ring (bicyclic) bond motifs is 1. The highest BCUT2D eigenvalue weighted by molar-refractivity contribution is 7.59. The third-order valence-electron chi connectivity index (χ3n) is 5.42. The Morgan fingerprint density at radius 2 is 1.94 bits per heavy atom. The van der Waals surface area contributed by atoms with Crippen LogP contribution in [0.3, 0.4) is 0 Å². The molecule has 3 atom stereocenters. The van der Waals surface area contributed by atoms with Gasteiger partial charge in [-0.2, -0.15) is 0 Å². The lowest BCUT2D eigenvalue weighted by atomic mass is 10.1. The molecule has 0 aliphatic heterocycles. The van der Waals surface area contributed by atoms with Crippen LogP contribution in [0.1, 0.15) is 60.3 Å². The van der Waals surface area contributed by atoms with E-state index in [-0.39, 0.29) is 18.8 Å². The Bertz CT molecular complexity index is 1080. The average molecular weight is 528 g/mol. The number of hydrogen-bond donors (Lipinski definition) is 4. The smallest absolute Gasteiger partial charge is 0.323 e. The molecule has 14 heteroatoms. The van der Waals surface area contributed by atoms with Gasteiger partial charge in [0.1, 0.15) is 29.8 Å². The summed E-state index contributed by atoms with van der Waals surface area (Å²) in [6, 6.07) is -0.949. The summed E-state index contributed by atoms with van der Waals surface area (Å²) in [5.41, 5.74) is 5.27. The Hall–Kier alpha value is -2.60. The van der Waals surface area contributed by atoms with Crippen LogP contribution in [0.25, 0.3) is 11.2 Å². The number of carbonyl (C=O) groups excluding carboxylic acids is 1. The summed E-state index contributed by atoms with van der Waals surface area (Å²) in [7, 11) is -3.73. The van der Waals surface area contributed by atoms with E-state index in [1.165, 1.54) is 27.1 Å². The number of carboxylic acids is 1. The molecule has 0 radical (unpaired) electrons. The summed E-state index contributed by atoms with van der Waals surface area (Å²) in [4.78, 5) is 36.4. The number of imidazole rings is 1. The molecule has 36 heavy (non-hydrogen) atoms. The predicted molar refractivity (Wildman–Crippen MR) is 135 cm³/mol. The lowest BCUT2D eigenvalue weighted by Gasteiger charge is -2.31. The Labute approximate surface area is 211 Å². The van der Waals surface area contributed by atoms with Gasteiger partial charge in [-0.1, -0.05) is 26.2 Å². The normalized spacial score (nSPS) is 15.4. The molecule has 0 amide bonds. The Morgan fingerprint density at radius 1 is 1.22 bits per heavy atom. The second-order valence-electron chi connectivity index (χ2n) is 9.30. The molecule has 0 aliphatic carbocycles. The highest BCUT2D eigenvalue weighted by Crippen LogP contribution is 2.40. The number of rotatable bonds is 16. The number of nitrogens with one attached hydrogen (secondary N) is 2. The molecular formula is C22H38N7O6P. The number of aromatic nitrogens is 4. The van der Waals surface area contributed by atoms with Crippen molar-refractivity contribution >= 4 is 36.4 Å². The number of esters is 1. The van der Waals surface area contributed by atoms with Gasteiger partial charge in [0, 0.05) is 0 Å². The third kappa shape index (κ3) is 8.51. The van der Waals surface area contributed by atoms with E-state index in [1.54, 1.807) is 17.8 Å². The minimum Gasteiger partial charge on any atom is -0.480 e. The van der Waals surface area contributed by atoms with E-state index in [0.29, 0.717) is 17.7 Å². The Morgan fingerprint density at radius 3 is 2.61 bits per heavy atom. The molecule has 2 rings (SSSR count). The van der Waals surface area contributed by atoms with Gasteiger partial charge in [0.25, 0.3) is 0 Å². The number of nitrogens with zero attached hydrogens (tertiary/aromatic N) is 4. The zero-order valence-electron chi connectivity index (χ0n) is 21.6. The number of unbranched alkanes of at least 4 members (excludes halogenated alkanes) is 3. The minimum absolute atomic E-state index is 0.257. The molecular weight excluding hydrogens is 489 g/mol. The number of carbonyl (C=O) groups is 2. The third-order valence-corrected chi connectivity index (χ3v) is 7.65. The second-order valence-corrected chi connectivity index (χ2v) is 11.5. The molecule has 0 saturated heterocycles. The molecule has 2 aromatic heterocycles.